The number of carbonyl (C=O) groups excluding carboxylic acids is 2. The third kappa shape index (κ3) is 6.76. The molecule has 4 rings (SSSR count). The summed E-state index contributed by atoms with van der Waals surface area (Å²) in [7, 11) is 0. The largest absolute Gasteiger partial charge is 0.489 e. The van der Waals surface area contributed by atoms with Gasteiger partial charge in [-0.1, -0.05) is 42.1 Å². The summed E-state index contributed by atoms with van der Waals surface area (Å²) >= 11 is 1.17. The van der Waals surface area contributed by atoms with Gasteiger partial charge >= 0.3 is 0 Å². The third-order valence-corrected chi connectivity index (χ3v) is 5.83. The molecule has 1 aliphatic heterocycles. The quantitative estimate of drug-likeness (QED) is 0.373. The molecule has 3 aromatic carbocycles. The second kappa shape index (κ2) is 11.2. The molecule has 0 saturated carbocycles. The molecule has 1 saturated heterocycles. The minimum absolute atomic E-state index is 0.0352. The number of para-hydroxylation sites is 1. The Balaban J connectivity index is 1.25. The van der Waals surface area contributed by atoms with Crippen molar-refractivity contribution >= 4 is 40.6 Å². The molecule has 0 unspecified atom stereocenters. The second-order valence-electron chi connectivity index (χ2n) is 7.35. The van der Waals surface area contributed by atoms with E-state index in [1.54, 1.807) is 42.6 Å². The van der Waals surface area contributed by atoms with Gasteiger partial charge in [0, 0.05) is 12.1 Å². The highest BCUT2D eigenvalue weighted by Crippen LogP contribution is 2.23. The van der Waals surface area contributed by atoms with Gasteiger partial charge in [0.15, 0.2) is 5.17 Å². The van der Waals surface area contributed by atoms with Crippen LogP contribution in [-0.2, 0) is 16.2 Å². The number of benzene rings is 3. The molecule has 1 fully saturated rings. The maximum Gasteiger partial charge on any atom is 0.240 e. The first kappa shape index (κ1) is 23.2. The van der Waals surface area contributed by atoms with E-state index in [9.17, 15) is 14.0 Å². The number of amidine groups is 1. The number of nitrogens with zero attached hydrogens (tertiary/aromatic N) is 2. The molecule has 0 bridgehead atoms. The van der Waals surface area contributed by atoms with Gasteiger partial charge in [-0.3, -0.25) is 9.59 Å². The molecule has 0 aromatic heterocycles. The van der Waals surface area contributed by atoms with Crippen LogP contribution in [0.25, 0.3) is 0 Å². The van der Waals surface area contributed by atoms with Crippen molar-refractivity contribution in [3.63, 3.8) is 0 Å². The predicted octanol–water partition coefficient (Wildman–Crippen LogP) is 4.36. The van der Waals surface area contributed by atoms with Gasteiger partial charge in [-0.05, 0) is 59.7 Å². The van der Waals surface area contributed by atoms with E-state index < -0.39 is 5.25 Å². The standard InChI is InChI=1S/C25H21FN4O3S/c26-19-10-6-18(7-11-19)16-33-21-12-8-17(9-13-21)15-27-30-25-29-24(32)22(34-25)14-23(31)28-20-4-2-1-3-5-20/h1-13,15,22H,14,16H2,(H,28,31)(H,29,30,32)/b27-15-/t22-/m0/s1. The number of hydrogen-bond acceptors (Lipinski definition) is 6. The molecule has 0 radical (unpaired) electrons. The number of thioether (sulfide) groups is 1. The zero-order chi connectivity index (χ0) is 23.8. The molecule has 3 aromatic rings. The average molecular weight is 477 g/mol. The number of hydrogen-bond donors (Lipinski definition) is 2. The van der Waals surface area contributed by atoms with Crippen molar-refractivity contribution in [1.29, 1.82) is 0 Å². The first-order valence-electron chi connectivity index (χ1n) is 10.5. The van der Waals surface area contributed by atoms with Crippen molar-refractivity contribution in [3.8, 4) is 5.75 Å². The van der Waals surface area contributed by atoms with E-state index in [2.05, 4.69) is 20.8 Å². The van der Waals surface area contributed by atoms with Gasteiger partial charge in [-0.15, -0.1) is 5.10 Å². The fraction of sp³-hybridized carbons (Fsp3) is 0.120. The van der Waals surface area contributed by atoms with Crippen molar-refractivity contribution in [1.82, 2.24) is 5.32 Å². The molecule has 0 aliphatic carbocycles. The molecular formula is C25H21FN4O3S. The first-order chi connectivity index (χ1) is 16.5. The summed E-state index contributed by atoms with van der Waals surface area (Å²) in [6.07, 6.45) is 1.59. The lowest BCUT2D eigenvalue weighted by Crippen LogP contribution is -2.28. The lowest BCUT2D eigenvalue weighted by atomic mass is 10.2. The zero-order valence-electron chi connectivity index (χ0n) is 18.0. The highest BCUT2D eigenvalue weighted by atomic mass is 32.2. The average Bonchev–Trinajstić information content (AvgIpc) is 3.18. The van der Waals surface area contributed by atoms with E-state index in [1.165, 1.54) is 23.9 Å². The number of nitrogens with one attached hydrogen (secondary N) is 2. The summed E-state index contributed by atoms with van der Waals surface area (Å²) in [6.45, 7) is 0.336. The topological polar surface area (TPSA) is 92.2 Å². The van der Waals surface area contributed by atoms with Gasteiger partial charge in [0.1, 0.15) is 23.4 Å². The Morgan fingerprint density at radius 2 is 1.79 bits per heavy atom. The van der Waals surface area contributed by atoms with E-state index in [4.69, 9.17) is 4.74 Å². The molecule has 34 heavy (non-hydrogen) atoms. The van der Waals surface area contributed by atoms with E-state index in [-0.39, 0.29) is 24.1 Å². The van der Waals surface area contributed by atoms with Crippen LogP contribution in [0.4, 0.5) is 10.1 Å². The number of rotatable bonds is 8. The SMILES string of the molecule is O=C(C[C@@H]1S/C(=N\N=C/c2ccc(OCc3ccc(F)cc3)cc2)NC1=O)Nc1ccccc1. The van der Waals surface area contributed by atoms with Crippen molar-refractivity contribution in [3.05, 3.63) is 95.8 Å². The van der Waals surface area contributed by atoms with Gasteiger partial charge in [0.05, 0.1) is 6.21 Å². The Morgan fingerprint density at radius 3 is 2.53 bits per heavy atom. The van der Waals surface area contributed by atoms with Crippen molar-refractivity contribution in [2.75, 3.05) is 5.32 Å². The van der Waals surface area contributed by atoms with Crippen molar-refractivity contribution in [2.24, 2.45) is 10.2 Å². The summed E-state index contributed by atoms with van der Waals surface area (Å²) in [4.78, 5) is 24.3. The fourth-order valence-electron chi connectivity index (χ4n) is 3.03. The molecule has 1 atom stereocenters. The minimum Gasteiger partial charge on any atom is -0.489 e. The molecule has 9 heteroatoms. The zero-order valence-corrected chi connectivity index (χ0v) is 18.8. The summed E-state index contributed by atoms with van der Waals surface area (Å²) < 4.78 is 18.6. The van der Waals surface area contributed by atoms with Crippen LogP contribution >= 0.6 is 11.8 Å². The summed E-state index contributed by atoms with van der Waals surface area (Å²) in [6, 6.07) is 22.4. The van der Waals surface area contributed by atoms with Crippen LogP contribution in [0.2, 0.25) is 0 Å². The van der Waals surface area contributed by atoms with Crippen LogP contribution in [0.3, 0.4) is 0 Å². The van der Waals surface area contributed by atoms with Gasteiger partial charge in [-0.25, -0.2) is 4.39 Å². The van der Waals surface area contributed by atoms with Crippen LogP contribution < -0.4 is 15.4 Å². The molecule has 1 aliphatic rings. The van der Waals surface area contributed by atoms with Gasteiger partial charge in [0.2, 0.25) is 11.8 Å². The van der Waals surface area contributed by atoms with Gasteiger partial charge < -0.3 is 15.4 Å². The van der Waals surface area contributed by atoms with Crippen LogP contribution in [0.1, 0.15) is 17.5 Å². The highest BCUT2D eigenvalue weighted by Gasteiger charge is 2.32. The number of ether oxygens (including phenoxy) is 1. The number of anilines is 1. The minimum atomic E-state index is -0.560. The Kier molecular flexibility index (Phi) is 7.67. The van der Waals surface area contributed by atoms with Crippen LogP contribution in [-0.4, -0.2) is 28.4 Å². The van der Waals surface area contributed by atoms with Crippen LogP contribution in [0, 0.1) is 5.82 Å². The Bertz CT molecular complexity index is 1200. The number of amides is 2. The second-order valence-corrected chi connectivity index (χ2v) is 8.54. The first-order valence-corrected chi connectivity index (χ1v) is 11.3. The molecule has 172 valence electrons. The normalized spacial score (nSPS) is 16.6. The Morgan fingerprint density at radius 1 is 1.06 bits per heavy atom. The van der Waals surface area contributed by atoms with Crippen molar-refractivity contribution in [2.45, 2.75) is 18.3 Å². The Hall–Kier alpha value is -3.98. The van der Waals surface area contributed by atoms with Gasteiger partial charge in [0.25, 0.3) is 0 Å². The molecule has 7 nitrogen and oxygen atoms in total. The maximum atomic E-state index is 13.0. The predicted molar refractivity (Wildman–Crippen MR) is 131 cm³/mol. The van der Waals surface area contributed by atoms with E-state index in [1.807, 2.05) is 30.3 Å². The van der Waals surface area contributed by atoms with Gasteiger partial charge in [-0.2, -0.15) is 5.10 Å². The van der Waals surface area contributed by atoms with Crippen molar-refractivity contribution < 1.29 is 18.7 Å². The van der Waals surface area contributed by atoms with E-state index >= 15 is 0 Å². The fourth-order valence-corrected chi connectivity index (χ4v) is 3.96. The highest BCUT2D eigenvalue weighted by molar-refractivity contribution is 8.15. The van der Waals surface area contributed by atoms with Crippen LogP contribution in [0.5, 0.6) is 5.75 Å². The molecular weight excluding hydrogens is 455 g/mol. The summed E-state index contributed by atoms with van der Waals surface area (Å²) in [5.74, 6) is -0.131. The van der Waals surface area contributed by atoms with E-state index in [0.717, 1.165) is 11.1 Å². The monoisotopic (exact) mass is 476 g/mol. The lowest BCUT2D eigenvalue weighted by molar-refractivity contribution is -0.122. The Labute approximate surface area is 200 Å². The molecule has 0 spiro atoms. The maximum absolute atomic E-state index is 13.0. The molecule has 1 heterocycles. The molecule has 2 amide bonds. The van der Waals surface area contributed by atoms with Crippen LogP contribution in [0.15, 0.2) is 89.1 Å². The smallest absolute Gasteiger partial charge is 0.240 e. The number of halogens is 1. The van der Waals surface area contributed by atoms with E-state index in [0.29, 0.717) is 23.2 Å². The summed E-state index contributed by atoms with van der Waals surface area (Å²) in [5, 5.41) is 13.3. The third-order valence-electron chi connectivity index (χ3n) is 4.76. The summed E-state index contributed by atoms with van der Waals surface area (Å²) in [5.41, 5.74) is 2.35. The number of carbonyl (C=O) groups is 2. The lowest BCUT2D eigenvalue weighted by Gasteiger charge is -2.06. The molecule has 2 N–H and O–H groups in total.